The lowest BCUT2D eigenvalue weighted by Crippen LogP contribution is -2.30. The van der Waals surface area contributed by atoms with Crippen molar-refractivity contribution < 1.29 is 14.3 Å². The van der Waals surface area contributed by atoms with Gasteiger partial charge in [-0.05, 0) is 34.1 Å². The van der Waals surface area contributed by atoms with Crippen LogP contribution in [-0.4, -0.2) is 51.5 Å². The van der Waals surface area contributed by atoms with Crippen LogP contribution in [0.4, 0.5) is 0 Å². The van der Waals surface area contributed by atoms with Crippen molar-refractivity contribution in [2.24, 2.45) is 0 Å². The Bertz CT molecular complexity index is 481. The molecule has 7 nitrogen and oxygen atoms in total. The van der Waals surface area contributed by atoms with Crippen molar-refractivity contribution in [1.82, 2.24) is 19.9 Å². The van der Waals surface area contributed by atoms with E-state index in [1.807, 2.05) is 13.8 Å². The number of esters is 1. The van der Waals surface area contributed by atoms with E-state index in [0.717, 1.165) is 13.1 Å². The summed E-state index contributed by atoms with van der Waals surface area (Å²) in [6.07, 6.45) is 1.14. The maximum absolute atomic E-state index is 11.9. The fraction of sp³-hybridized carbons (Fsp3) is 0.714. The summed E-state index contributed by atoms with van der Waals surface area (Å²) in [5, 5.41) is 7.78. The van der Waals surface area contributed by atoms with E-state index in [1.54, 1.807) is 23.4 Å². The molecule has 1 aromatic rings. The van der Waals surface area contributed by atoms with Gasteiger partial charge in [0.2, 0.25) is 5.91 Å². The van der Waals surface area contributed by atoms with Crippen LogP contribution in [-0.2, 0) is 16.1 Å². The number of rotatable bonds is 8. The number of ether oxygens (including phenoxy) is 1. The Hall–Kier alpha value is -1.92. The summed E-state index contributed by atoms with van der Waals surface area (Å²) in [6, 6.07) is 0. The largest absolute Gasteiger partial charge is 0.461 e. The van der Waals surface area contributed by atoms with E-state index >= 15 is 0 Å². The molecule has 1 heterocycles. The molecular formula is C14H24N4O3. The number of aryl methyl sites for hydroxylation is 1. The summed E-state index contributed by atoms with van der Waals surface area (Å²) in [5.41, 5.74) is 0.913. The third kappa shape index (κ3) is 4.54. The van der Waals surface area contributed by atoms with Crippen LogP contribution in [0.5, 0.6) is 0 Å². The highest BCUT2D eigenvalue weighted by molar-refractivity contribution is 5.88. The first-order chi connectivity index (χ1) is 10.0. The molecular weight excluding hydrogens is 272 g/mol. The number of carbonyl (C=O) groups is 2. The van der Waals surface area contributed by atoms with E-state index < -0.39 is 5.97 Å². The molecule has 0 saturated heterocycles. The minimum absolute atomic E-state index is 0.142. The second kappa shape index (κ2) is 8.39. The smallest absolute Gasteiger partial charge is 0.360 e. The molecule has 0 aromatic carbocycles. The molecule has 0 unspecified atom stereocenters. The van der Waals surface area contributed by atoms with Crippen LogP contribution in [0.15, 0.2) is 0 Å². The maximum atomic E-state index is 11.9. The zero-order valence-corrected chi connectivity index (χ0v) is 13.3. The summed E-state index contributed by atoms with van der Waals surface area (Å²) < 4.78 is 6.55. The van der Waals surface area contributed by atoms with Crippen LogP contribution in [0.25, 0.3) is 0 Å². The molecule has 1 rings (SSSR count). The SMILES string of the molecule is CCOC(=O)c1nnn(CCCC(=O)N(CC)CC)c1C. The predicted octanol–water partition coefficient (Wildman–Crippen LogP) is 1.41. The monoisotopic (exact) mass is 296 g/mol. The van der Waals surface area contributed by atoms with Crippen LogP contribution >= 0.6 is 0 Å². The van der Waals surface area contributed by atoms with E-state index in [4.69, 9.17) is 4.74 Å². The molecule has 21 heavy (non-hydrogen) atoms. The first kappa shape index (κ1) is 17.1. The number of carbonyl (C=O) groups excluding carboxylic acids is 2. The molecule has 0 saturated carbocycles. The Morgan fingerprint density at radius 1 is 1.24 bits per heavy atom. The van der Waals surface area contributed by atoms with E-state index in [-0.39, 0.29) is 11.6 Å². The van der Waals surface area contributed by atoms with Gasteiger partial charge < -0.3 is 9.64 Å². The molecule has 0 aliphatic carbocycles. The van der Waals surface area contributed by atoms with Crippen molar-refractivity contribution in [3.05, 3.63) is 11.4 Å². The third-order valence-corrected chi connectivity index (χ3v) is 3.33. The van der Waals surface area contributed by atoms with Gasteiger partial charge in [-0.2, -0.15) is 0 Å². The maximum Gasteiger partial charge on any atom is 0.360 e. The molecule has 0 aliphatic heterocycles. The Kier molecular flexibility index (Phi) is 6.84. The average Bonchev–Trinajstić information content (AvgIpc) is 2.82. The minimum atomic E-state index is -0.458. The Balaban J connectivity index is 2.53. The van der Waals surface area contributed by atoms with Gasteiger partial charge >= 0.3 is 5.97 Å². The molecule has 0 spiro atoms. The Labute approximate surface area is 125 Å². The molecule has 0 aliphatic rings. The lowest BCUT2D eigenvalue weighted by molar-refractivity contribution is -0.130. The highest BCUT2D eigenvalue weighted by atomic mass is 16.5. The first-order valence-electron chi connectivity index (χ1n) is 7.40. The van der Waals surface area contributed by atoms with Crippen LogP contribution in [0.2, 0.25) is 0 Å². The van der Waals surface area contributed by atoms with E-state index in [0.29, 0.717) is 31.7 Å². The van der Waals surface area contributed by atoms with Crippen molar-refractivity contribution in [3.8, 4) is 0 Å². The zero-order chi connectivity index (χ0) is 15.8. The van der Waals surface area contributed by atoms with Crippen LogP contribution < -0.4 is 0 Å². The van der Waals surface area contributed by atoms with Gasteiger partial charge in [0.1, 0.15) is 0 Å². The van der Waals surface area contributed by atoms with Gasteiger partial charge in [-0.3, -0.25) is 4.79 Å². The van der Waals surface area contributed by atoms with Crippen molar-refractivity contribution in [2.45, 2.75) is 47.1 Å². The fourth-order valence-corrected chi connectivity index (χ4v) is 2.08. The van der Waals surface area contributed by atoms with Crippen LogP contribution in [0.1, 0.15) is 49.8 Å². The molecule has 0 radical (unpaired) electrons. The van der Waals surface area contributed by atoms with Gasteiger partial charge in [-0.25, -0.2) is 9.48 Å². The summed E-state index contributed by atoms with van der Waals surface area (Å²) in [6.45, 7) is 9.78. The predicted molar refractivity (Wildman–Crippen MR) is 77.9 cm³/mol. The van der Waals surface area contributed by atoms with Crippen molar-refractivity contribution >= 4 is 11.9 Å². The number of hydrogen-bond donors (Lipinski definition) is 0. The molecule has 7 heteroatoms. The summed E-state index contributed by atoms with van der Waals surface area (Å²) in [7, 11) is 0. The van der Waals surface area contributed by atoms with Crippen LogP contribution in [0, 0.1) is 6.92 Å². The Morgan fingerprint density at radius 2 is 1.90 bits per heavy atom. The third-order valence-electron chi connectivity index (χ3n) is 3.33. The first-order valence-corrected chi connectivity index (χ1v) is 7.40. The Morgan fingerprint density at radius 3 is 2.48 bits per heavy atom. The summed E-state index contributed by atoms with van der Waals surface area (Å²) >= 11 is 0. The lowest BCUT2D eigenvalue weighted by Gasteiger charge is -2.18. The fourth-order valence-electron chi connectivity index (χ4n) is 2.08. The number of nitrogens with zero attached hydrogens (tertiary/aromatic N) is 4. The molecule has 0 fully saturated rings. The van der Waals surface area contributed by atoms with Gasteiger partial charge in [0.25, 0.3) is 0 Å². The van der Waals surface area contributed by atoms with Crippen molar-refractivity contribution in [3.63, 3.8) is 0 Å². The number of aromatic nitrogens is 3. The van der Waals surface area contributed by atoms with Gasteiger partial charge in [0.15, 0.2) is 5.69 Å². The van der Waals surface area contributed by atoms with E-state index in [1.165, 1.54) is 0 Å². The second-order valence-electron chi connectivity index (χ2n) is 4.64. The van der Waals surface area contributed by atoms with Gasteiger partial charge in [-0.1, -0.05) is 5.21 Å². The zero-order valence-electron chi connectivity index (χ0n) is 13.3. The van der Waals surface area contributed by atoms with Gasteiger partial charge in [0, 0.05) is 26.1 Å². The van der Waals surface area contributed by atoms with Gasteiger partial charge in [0.05, 0.1) is 12.3 Å². The molecule has 0 atom stereocenters. The topological polar surface area (TPSA) is 77.3 Å². The van der Waals surface area contributed by atoms with Gasteiger partial charge in [-0.15, -0.1) is 5.10 Å². The minimum Gasteiger partial charge on any atom is -0.461 e. The van der Waals surface area contributed by atoms with E-state index in [2.05, 4.69) is 10.3 Å². The lowest BCUT2D eigenvalue weighted by atomic mass is 10.2. The standard InChI is InChI=1S/C14H24N4O3/c1-5-17(6-2)12(19)9-8-10-18-11(4)13(15-16-18)14(20)21-7-3/h5-10H2,1-4H3. The summed E-state index contributed by atoms with van der Waals surface area (Å²) in [5.74, 6) is -0.316. The van der Waals surface area contributed by atoms with Crippen molar-refractivity contribution in [1.29, 1.82) is 0 Å². The van der Waals surface area contributed by atoms with Crippen LogP contribution in [0.3, 0.4) is 0 Å². The van der Waals surface area contributed by atoms with E-state index in [9.17, 15) is 9.59 Å². The molecule has 118 valence electrons. The molecule has 0 N–H and O–H groups in total. The average molecular weight is 296 g/mol. The number of amides is 1. The summed E-state index contributed by atoms with van der Waals surface area (Å²) in [4.78, 5) is 25.3. The number of hydrogen-bond acceptors (Lipinski definition) is 5. The quantitative estimate of drug-likeness (QED) is 0.678. The molecule has 1 amide bonds. The highest BCUT2D eigenvalue weighted by Gasteiger charge is 2.17. The normalized spacial score (nSPS) is 10.5. The second-order valence-corrected chi connectivity index (χ2v) is 4.64. The molecule has 1 aromatic heterocycles. The highest BCUT2D eigenvalue weighted by Crippen LogP contribution is 2.08. The molecule has 0 bridgehead atoms. The van der Waals surface area contributed by atoms with Crippen molar-refractivity contribution in [2.75, 3.05) is 19.7 Å².